The highest BCUT2D eigenvalue weighted by atomic mass is 16.7. The standard InChI is InChI=1S/C13H17NO4/c1-16-12-5-10(4-11(14)6-12)13(15)18-8-17-7-9-2-3-9/h4-6,9H,2-3,7-8,14H2,1H3. The molecule has 1 aliphatic rings. The summed E-state index contributed by atoms with van der Waals surface area (Å²) >= 11 is 0. The number of benzene rings is 1. The van der Waals surface area contributed by atoms with E-state index in [9.17, 15) is 4.79 Å². The van der Waals surface area contributed by atoms with Gasteiger partial charge in [0.25, 0.3) is 0 Å². The van der Waals surface area contributed by atoms with E-state index in [2.05, 4.69) is 0 Å². The Morgan fingerprint density at radius 3 is 2.83 bits per heavy atom. The predicted octanol–water partition coefficient (Wildman–Crippen LogP) is 1.82. The van der Waals surface area contributed by atoms with E-state index in [1.165, 1.54) is 20.0 Å². The zero-order valence-corrected chi connectivity index (χ0v) is 10.3. The van der Waals surface area contributed by atoms with Gasteiger partial charge < -0.3 is 19.9 Å². The quantitative estimate of drug-likeness (QED) is 0.361. The minimum Gasteiger partial charge on any atom is -0.497 e. The summed E-state index contributed by atoms with van der Waals surface area (Å²) in [6, 6.07) is 4.77. The van der Waals surface area contributed by atoms with Crippen LogP contribution in [0.15, 0.2) is 18.2 Å². The van der Waals surface area contributed by atoms with E-state index >= 15 is 0 Å². The second kappa shape index (κ2) is 5.73. The van der Waals surface area contributed by atoms with Gasteiger partial charge in [-0.3, -0.25) is 0 Å². The first-order chi connectivity index (χ1) is 8.69. The van der Waals surface area contributed by atoms with E-state index in [4.69, 9.17) is 19.9 Å². The number of carbonyl (C=O) groups is 1. The zero-order chi connectivity index (χ0) is 13.0. The van der Waals surface area contributed by atoms with Gasteiger partial charge in [0.1, 0.15) is 5.75 Å². The zero-order valence-electron chi connectivity index (χ0n) is 10.3. The topological polar surface area (TPSA) is 70.8 Å². The SMILES string of the molecule is COc1cc(N)cc(C(=O)OCOCC2CC2)c1. The van der Waals surface area contributed by atoms with Crippen LogP contribution in [0, 0.1) is 5.92 Å². The van der Waals surface area contributed by atoms with Crippen LogP contribution in [0.4, 0.5) is 5.69 Å². The number of anilines is 1. The fourth-order valence-corrected chi connectivity index (χ4v) is 1.54. The van der Waals surface area contributed by atoms with Gasteiger partial charge in [-0.05, 0) is 30.9 Å². The van der Waals surface area contributed by atoms with Crippen LogP contribution in [0.25, 0.3) is 0 Å². The molecule has 0 saturated heterocycles. The van der Waals surface area contributed by atoms with Crippen molar-refractivity contribution >= 4 is 11.7 Å². The monoisotopic (exact) mass is 251 g/mol. The highest BCUT2D eigenvalue weighted by Crippen LogP contribution is 2.28. The number of nitrogen functional groups attached to an aromatic ring is 1. The fraction of sp³-hybridized carbons (Fsp3) is 0.462. The molecule has 0 atom stereocenters. The molecule has 0 radical (unpaired) electrons. The Labute approximate surface area is 106 Å². The summed E-state index contributed by atoms with van der Waals surface area (Å²) in [5.41, 5.74) is 6.48. The molecule has 2 N–H and O–H groups in total. The lowest BCUT2D eigenvalue weighted by molar-refractivity contribution is -0.0344. The van der Waals surface area contributed by atoms with Crippen LogP contribution in [0.2, 0.25) is 0 Å². The first kappa shape index (κ1) is 12.7. The van der Waals surface area contributed by atoms with E-state index in [0.717, 1.165) is 0 Å². The summed E-state index contributed by atoms with van der Waals surface area (Å²) in [6.45, 7) is 0.639. The van der Waals surface area contributed by atoms with Gasteiger partial charge in [-0.1, -0.05) is 0 Å². The van der Waals surface area contributed by atoms with Crippen molar-refractivity contribution in [3.63, 3.8) is 0 Å². The summed E-state index contributed by atoms with van der Waals surface area (Å²) in [5.74, 6) is 0.716. The maximum atomic E-state index is 11.7. The molecule has 0 heterocycles. The smallest absolute Gasteiger partial charge is 0.340 e. The second-order valence-electron chi connectivity index (χ2n) is 4.36. The Hall–Kier alpha value is -1.75. The Morgan fingerprint density at radius 2 is 2.17 bits per heavy atom. The van der Waals surface area contributed by atoms with Gasteiger partial charge in [-0.15, -0.1) is 0 Å². The third kappa shape index (κ3) is 3.63. The summed E-state index contributed by atoms with van der Waals surface area (Å²) in [5, 5.41) is 0. The maximum Gasteiger partial charge on any atom is 0.340 e. The number of methoxy groups -OCH3 is 1. The first-order valence-electron chi connectivity index (χ1n) is 5.88. The molecule has 2 rings (SSSR count). The van der Waals surface area contributed by atoms with Crippen LogP contribution in [-0.4, -0.2) is 26.5 Å². The molecule has 0 amide bonds. The van der Waals surface area contributed by atoms with Crippen molar-refractivity contribution in [3.8, 4) is 5.75 Å². The molecule has 5 nitrogen and oxygen atoms in total. The molecular weight excluding hydrogens is 234 g/mol. The van der Waals surface area contributed by atoms with Crippen molar-refractivity contribution in [1.29, 1.82) is 0 Å². The number of carbonyl (C=O) groups excluding carboxylic acids is 1. The predicted molar refractivity (Wildman–Crippen MR) is 66.4 cm³/mol. The number of rotatable bonds is 6. The van der Waals surface area contributed by atoms with Crippen molar-refractivity contribution in [2.75, 3.05) is 26.2 Å². The molecule has 0 aromatic heterocycles. The average Bonchev–Trinajstić information content (AvgIpc) is 3.17. The van der Waals surface area contributed by atoms with E-state index in [-0.39, 0.29) is 6.79 Å². The summed E-state index contributed by atoms with van der Waals surface area (Å²) in [4.78, 5) is 11.7. The van der Waals surface area contributed by atoms with Gasteiger partial charge in [0.2, 0.25) is 0 Å². The van der Waals surface area contributed by atoms with Crippen LogP contribution >= 0.6 is 0 Å². The lowest BCUT2D eigenvalue weighted by atomic mass is 10.2. The highest BCUT2D eigenvalue weighted by Gasteiger charge is 2.21. The summed E-state index contributed by atoms with van der Waals surface area (Å²) < 4.78 is 15.3. The fourth-order valence-electron chi connectivity index (χ4n) is 1.54. The van der Waals surface area contributed by atoms with Crippen molar-refractivity contribution in [2.45, 2.75) is 12.8 Å². The molecule has 18 heavy (non-hydrogen) atoms. The average molecular weight is 251 g/mol. The molecule has 0 unspecified atom stereocenters. The third-order valence-electron chi connectivity index (χ3n) is 2.72. The molecule has 0 bridgehead atoms. The first-order valence-corrected chi connectivity index (χ1v) is 5.88. The molecule has 1 aromatic rings. The largest absolute Gasteiger partial charge is 0.497 e. The molecule has 5 heteroatoms. The van der Waals surface area contributed by atoms with Gasteiger partial charge in [0.15, 0.2) is 6.79 Å². The molecule has 1 fully saturated rings. The van der Waals surface area contributed by atoms with Crippen LogP contribution < -0.4 is 10.5 Å². The molecule has 0 spiro atoms. The Bertz CT molecular complexity index is 429. The van der Waals surface area contributed by atoms with Crippen molar-refractivity contribution in [1.82, 2.24) is 0 Å². The van der Waals surface area contributed by atoms with Crippen LogP contribution in [0.5, 0.6) is 5.75 Å². The van der Waals surface area contributed by atoms with Crippen LogP contribution in [0.1, 0.15) is 23.2 Å². The van der Waals surface area contributed by atoms with Crippen LogP contribution in [-0.2, 0) is 9.47 Å². The van der Waals surface area contributed by atoms with Crippen LogP contribution in [0.3, 0.4) is 0 Å². The lowest BCUT2D eigenvalue weighted by Gasteiger charge is -2.07. The number of ether oxygens (including phenoxy) is 3. The van der Waals surface area contributed by atoms with Gasteiger partial charge in [-0.2, -0.15) is 0 Å². The summed E-state index contributed by atoms with van der Waals surface area (Å²) in [6.07, 6.45) is 2.42. The minimum absolute atomic E-state index is 0.0214. The summed E-state index contributed by atoms with van der Waals surface area (Å²) in [7, 11) is 1.52. The van der Waals surface area contributed by atoms with E-state index < -0.39 is 5.97 Å². The van der Waals surface area contributed by atoms with E-state index in [0.29, 0.717) is 29.5 Å². The molecule has 1 aliphatic carbocycles. The van der Waals surface area contributed by atoms with E-state index in [1.807, 2.05) is 0 Å². The number of hydrogen-bond acceptors (Lipinski definition) is 5. The minimum atomic E-state index is -0.462. The molecule has 1 saturated carbocycles. The molecule has 98 valence electrons. The van der Waals surface area contributed by atoms with Crippen molar-refractivity contribution in [3.05, 3.63) is 23.8 Å². The van der Waals surface area contributed by atoms with Gasteiger partial charge in [0, 0.05) is 11.8 Å². The molecule has 0 aliphatic heterocycles. The Morgan fingerprint density at radius 1 is 1.39 bits per heavy atom. The van der Waals surface area contributed by atoms with E-state index in [1.54, 1.807) is 18.2 Å². The normalized spacial score (nSPS) is 14.3. The van der Waals surface area contributed by atoms with Gasteiger partial charge in [-0.25, -0.2) is 4.79 Å². The van der Waals surface area contributed by atoms with Gasteiger partial charge in [0.05, 0.1) is 19.3 Å². The Kier molecular flexibility index (Phi) is 4.04. The second-order valence-corrected chi connectivity index (χ2v) is 4.36. The molecule has 1 aromatic carbocycles. The lowest BCUT2D eigenvalue weighted by Crippen LogP contribution is -2.10. The number of hydrogen-bond donors (Lipinski definition) is 1. The van der Waals surface area contributed by atoms with Crippen molar-refractivity contribution < 1.29 is 19.0 Å². The Balaban J connectivity index is 1.84. The number of esters is 1. The maximum absolute atomic E-state index is 11.7. The third-order valence-corrected chi connectivity index (χ3v) is 2.72. The highest BCUT2D eigenvalue weighted by molar-refractivity contribution is 5.91. The van der Waals surface area contributed by atoms with Gasteiger partial charge >= 0.3 is 5.97 Å². The van der Waals surface area contributed by atoms with Crippen molar-refractivity contribution in [2.24, 2.45) is 5.92 Å². The molecular formula is C13H17NO4. The number of nitrogens with two attached hydrogens (primary N) is 1.